The van der Waals surface area contributed by atoms with Crippen LogP contribution < -0.4 is 5.32 Å². The van der Waals surface area contributed by atoms with Crippen molar-refractivity contribution in [3.05, 3.63) is 35.9 Å². The number of aliphatic hydroxyl groups excluding tert-OH is 1. The Kier molecular flexibility index (Phi) is 7.82. The topological polar surface area (TPSA) is 35.5 Å². The van der Waals surface area contributed by atoms with Crippen molar-refractivity contribution in [1.29, 1.82) is 0 Å². The summed E-state index contributed by atoms with van der Waals surface area (Å²) in [7, 11) is 1.94. The van der Waals surface area contributed by atoms with Crippen LogP contribution in [0.2, 0.25) is 0 Å². The third kappa shape index (κ3) is 4.58. The molecule has 0 aromatic heterocycles. The number of unbranched alkanes of at least 4 members (excludes halogenated alkanes) is 1. The summed E-state index contributed by atoms with van der Waals surface area (Å²) in [4.78, 5) is 2.47. The molecule has 0 saturated heterocycles. The second kappa shape index (κ2) is 9.11. The predicted molar refractivity (Wildman–Crippen MR) is 85.9 cm³/mol. The van der Waals surface area contributed by atoms with Gasteiger partial charge in [0.05, 0.1) is 12.1 Å². The minimum atomic E-state index is -0.332. The third-order valence-corrected chi connectivity index (χ3v) is 4.20. The van der Waals surface area contributed by atoms with Crippen LogP contribution in [0.15, 0.2) is 30.3 Å². The lowest BCUT2D eigenvalue weighted by atomic mass is 9.87. The molecule has 1 unspecified atom stereocenters. The highest BCUT2D eigenvalue weighted by Crippen LogP contribution is 2.24. The Labute approximate surface area is 124 Å². The summed E-state index contributed by atoms with van der Waals surface area (Å²) in [5.74, 6) is 0. The molecular weight excluding hydrogens is 248 g/mol. The molecule has 2 N–H and O–H groups in total. The summed E-state index contributed by atoms with van der Waals surface area (Å²) in [6.07, 6.45) is 3.39. The number of hydrogen-bond acceptors (Lipinski definition) is 3. The molecule has 1 aromatic carbocycles. The number of hydrogen-bond donors (Lipinski definition) is 2. The molecule has 0 amide bonds. The second-order valence-corrected chi connectivity index (χ2v) is 5.39. The van der Waals surface area contributed by atoms with E-state index in [1.54, 1.807) is 0 Å². The van der Waals surface area contributed by atoms with Gasteiger partial charge in [0.2, 0.25) is 0 Å². The van der Waals surface area contributed by atoms with Crippen molar-refractivity contribution < 1.29 is 5.11 Å². The van der Waals surface area contributed by atoms with Crippen molar-refractivity contribution in [3.8, 4) is 0 Å². The van der Waals surface area contributed by atoms with E-state index in [4.69, 9.17) is 0 Å². The Hall–Kier alpha value is -0.900. The third-order valence-electron chi connectivity index (χ3n) is 4.20. The van der Waals surface area contributed by atoms with E-state index in [2.05, 4.69) is 36.2 Å². The number of nitrogens with zero attached hydrogens (tertiary/aromatic N) is 1. The zero-order valence-corrected chi connectivity index (χ0v) is 13.2. The lowest BCUT2D eigenvalue weighted by molar-refractivity contribution is 0.139. The summed E-state index contributed by atoms with van der Waals surface area (Å²) in [5.41, 5.74) is 0.831. The molecule has 3 nitrogen and oxygen atoms in total. The fraction of sp³-hybridized carbons (Fsp3) is 0.647. The number of benzene rings is 1. The Balaban J connectivity index is 2.72. The van der Waals surface area contributed by atoms with Crippen LogP contribution in [-0.2, 0) is 5.54 Å². The molecule has 0 aliphatic heterocycles. The Morgan fingerprint density at radius 2 is 1.85 bits per heavy atom. The highest BCUT2D eigenvalue weighted by Gasteiger charge is 2.29. The molecule has 0 fully saturated rings. The number of nitrogens with one attached hydrogen (secondary N) is 1. The molecule has 0 bridgehead atoms. The van der Waals surface area contributed by atoms with Crippen molar-refractivity contribution >= 4 is 0 Å². The first kappa shape index (κ1) is 17.2. The first-order valence-corrected chi connectivity index (χ1v) is 7.80. The minimum Gasteiger partial charge on any atom is -0.394 e. The minimum absolute atomic E-state index is 0.124. The molecule has 3 heteroatoms. The van der Waals surface area contributed by atoms with Crippen molar-refractivity contribution in [2.24, 2.45) is 0 Å². The van der Waals surface area contributed by atoms with Crippen molar-refractivity contribution in [2.45, 2.75) is 38.6 Å². The van der Waals surface area contributed by atoms with Gasteiger partial charge in [-0.15, -0.1) is 0 Å². The number of rotatable bonds is 10. The quantitative estimate of drug-likeness (QED) is 0.690. The molecule has 0 aliphatic rings. The molecule has 0 spiro atoms. The van der Waals surface area contributed by atoms with E-state index < -0.39 is 0 Å². The smallest absolute Gasteiger partial charge is 0.0678 e. The zero-order chi connectivity index (χ0) is 14.8. The first-order valence-electron chi connectivity index (χ1n) is 7.80. The highest BCUT2D eigenvalue weighted by atomic mass is 16.3. The van der Waals surface area contributed by atoms with Crippen LogP contribution in [0.1, 0.15) is 38.7 Å². The number of aliphatic hydroxyl groups is 1. The van der Waals surface area contributed by atoms with Crippen molar-refractivity contribution in [3.63, 3.8) is 0 Å². The van der Waals surface area contributed by atoms with Gasteiger partial charge in [-0.3, -0.25) is 0 Å². The van der Waals surface area contributed by atoms with Crippen LogP contribution in [-0.4, -0.2) is 43.3 Å². The van der Waals surface area contributed by atoms with Crippen molar-refractivity contribution in [1.82, 2.24) is 10.2 Å². The predicted octanol–water partition coefficient (Wildman–Crippen LogP) is 2.61. The molecule has 1 atom stereocenters. The summed E-state index contributed by atoms with van der Waals surface area (Å²) in [6.45, 7) is 7.78. The highest BCUT2D eigenvalue weighted by molar-refractivity contribution is 5.24. The first-order chi connectivity index (χ1) is 9.72. The van der Waals surface area contributed by atoms with Crippen LogP contribution in [0.25, 0.3) is 0 Å². The van der Waals surface area contributed by atoms with Gasteiger partial charge in [0, 0.05) is 6.54 Å². The molecule has 0 heterocycles. The molecule has 114 valence electrons. The lowest BCUT2D eigenvalue weighted by Crippen LogP contribution is -2.46. The maximum atomic E-state index is 9.91. The van der Waals surface area contributed by atoms with Crippen LogP contribution in [0, 0.1) is 0 Å². The molecule has 0 saturated carbocycles. The molecule has 1 rings (SSSR count). The van der Waals surface area contributed by atoms with E-state index in [-0.39, 0.29) is 12.1 Å². The number of likely N-dealkylation sites (N-methyl/N-ethyl adjacent to an activating group) is 1. The average Bonchev–Trinajstić information content (AvgIpc) is 2.52. The maximum absolute atomic E-state index is 9.91. The summed E-state index contributed by atoms with van der Waals surface area (Å²) < 4.78 is 0. The lowest BCUT2D eigenvalue weighted by Gasteiger charge is -2.34. The fourth-order valence-corrected chi connectivity index (χ4v) is 2.58. The van der Waals surface area contributed by atoms with Gasteiger partial charge in [-0.25, -0.2) is 0 Å². The molecule has 0 aliphatic carbocycles. The fourth-order valence-electron chi connectivity index (χ4n) is 2.58. The van der Waals surface area contributed by atoms with Gasteiger partial charge in [0.25, 0.3) is 0 Å². The van der Waals surface area contributed by atoms with E-state index in [0.29, 0.717) is 0 Å². The van der Waals surface area contributed by atoms with Gasteiger partial charge >= 0.3 is 0 Å². The van der Waals surface area contributed by atoms with Gasteiger partial charge in [0.1, 0.15) is 0 Å². The van der Waals surface area contributed by atoms with E-state index in [1.807, 2.05) is 25.2 Å². The largest absolute Gasteiger partial charge is 0.394 e. The molecule has 1 aromatic rings. The van der Waals surface area contributed by atoms with Crippen LogP contribution in [0.5, 0.6) is 0 Å². The van der Waals surface area contributed by atoms with E-state index in [0.717, 1.165) is 31.6 Å². The van der Waals surface area contributed by atoms with Gasteiger partial charge in [-0.2, -0.15) is 0 Å². The van der Waals surface area contributed by atoms with Gasteiger partial charge < -0.3 is 15.3 Å². The summed E-state index contributed by atoms with van der Waals surface area (Å²) in [6, 6.07) is 10.3. The maximum Gasteiger partial charge on any atom is 0.0678 e. The van der Waals surface area contributed by atoms with Crippen LogP contribution >= 0.6 is 0 Å². The normalized spacial score (nSPS) is 14.4. The Morgan fingerprint density at radius 3 is 2.35 bits per heavy atom. The molecule has 20 heavy (non-hydrogen) atoms. The standard InChI is InChI=1S/C17H30N2O/c1-4-6-13-19(5-2)14-12-17(15-20,18-3)16-10-8-7-9-11-16/h7-11,18,20H,4-6,12-15H2,1-3H3. The monoisotopic (exact) mass is 278 g/mol. The molecule has 0 radical (unpaired) electrons. The van der Waals surface area contributed by atoms with Crippen LogP contribution in [0.3, 0.4) is 0 Å². The van der Waals surface area contributed by atoms with E-state index in [1.165, 1.54) is 12.8 Å². The second-order valence-electron chi connectivity index (χ2n) is 5.39. The average molecular weight is 278 g/mol. The van der Waals surface area contributed by atoms with Gasteiger partial charge in [-0.05, 0) is 38.5 Å². The van der Waals surface area contributed by atoms with E-state index >= 15 is 0 Å². The van der Waals surface area contributed by atoms with E-state index in [9.17, 15) is 5.11 Å². The molecular formula is C17H30N2O. The SMILES string of the molecule is CCCCN(CC)CCC(CO)(NC)c1ccccc1. The zero-order valence-electron chi connectivity index (χ0n) is 13.2. The summed E-state index contributed by atoms with van der Waals surface area (Å²) >= 11 is 0. The van der Waals surface area contributed by atoms with Gasteiger partial charge in [0.15, 0.2) is 0 Å². The Morgan fingerprint density at radius 1 is 1.15 bits per heavy atom. The summed E-state index contributed by atoms with van der Waals surface area (Å²) in [5, 5.41) is 13.3. The van der Waals surface area contributed by atoms with Crippen LogP contribution in [0.4, 0.5) is 0 Å². The van der Waals surface area contributed by atoms with Gasteiger partial charge in [-0.1, -0.05) is 50.6 Å². The Bertz CT molecular complexity index is 349. The van der Waals surface area contributed by atoms with Crippen molar-refractivity contribution in [2.75, 3.05) is 33.3 Å².